The molecule has 10 nitrogen and oxygen atoms in total. The summed E-state index contributed by atoms with van der Waals surface area (Å²) < 4.78 is 2.13. The highest BCUT2D eigenvalue weighted by molar-refractivity contribution is 6.30. The second-order valence-corrected chi connectivity index (χ2v) is 12.0. The van der Waals surface area contributed by atoms with E-state index in [-0.39, 0.29) is 23.7 Å². The first-order valence-electron chi connectivity index (χ1n) is 14.6. The molecule has 3 aromatic heterocycles. The van der Waals surface area contributed by atoms with Crippen molar-refractivity contribution >= 4 is 46.4 Å². The number of carbonyl (C=O) groups excluding carboxylic acids is 2. The molecule has 11 heteroatoms. The molecule has 2 atom stereocenters. The second kappa shape index (κ2) is 10.9. The predicted molar refractivity (Wildman–Crippen MR) is 162 cm³/mol. The SMILES string of the molecule is CC(=O)N1CCN(c2cc(C3CC3)cn3cc(CNc4cc(NC(=O)[C@H]5CC5c5cccc(Cl)c5)ncn4)nc23)CC1. The Morgan fingerprint density at radius 1 is 1.00 bits per heavy atom. The van der Waals surface area contributed by atoms with E-state index in [9.17, 15) is 9.59 Å². The van der Waals surface area contributed by atoms with Crippen LogP contribution in [0.15, 0.2) is 55.1 Å². The third kappa shape index (κ3) is 5.63. The van der Waals surface area contributed by atoms with Crippen LogP contribution in [0.1, 0.15) is 54.8 Å². The molecule has 1 saturated heterocycles. The van der Waals surface area contributed by atoms with Gasteiger partial charge in [0.1, 0.15) is 18.0 Å². The summed E-state index contributed by atoms with van der Waals surface area (Å²) in [6.45, 7) is 5.13. The monoisotopic (exact) mass is 584 g/mol. The molecule has 42 heavy (non-hydrogen) atoms. The van der Waals surface area contributed by atoms with Crippen molar-refractivity contribution in [3.05, 3.63) is 77.0 Å². The summed E-state index contributed by atoms with van der Waals surface area (Å²) in [5, 5.41) is 6.96. The topological polar surface area (TPSA) is 108 Å². The van der Waals surface area contributed by atoms with E-state index in [0.29, 0.717) is 29.1 Å². The highest BCUT2D eigenvalue weighted by Crippen LogP contribution is 2.48. The van der Waals surface area contributed by atoms with Crippen molar-refractivity contribution in [3.8, 4) is 0 Å². The van der Waals surface area contributed by atoms with Crippen LogP contribution in [-0.2, 0) is 16.1 Å². The first-order valence-corrected chi connectivity index (χ1v) is 14.9. The van der Waals surface area contributed by atoms with Gasteiger partial charge < -0.3 is 24.8 Å². The number of hydrogen-bond acceptors (Lipinski definition) is 7. The highest BCUT2D eigenvalue weighted by Gasteiger charge is 2.44. The molecule has 4 heterocycles. The maximum absolute atomic E-state index is 12.9. The van der Waals surface area contributed by atoms with Gasteiger partial charge in [0.25, 0.3) is 0 Å². The van der Waals surface area contributed by atoms with Crippen molar-refractivity contribution in [2.45, 2.75) is 44.6 Å². The molecule has 3 fully saturated rings. The Morgan fingerprint density at radius 3 is 2.57 bits per heavy atom. The number of imidazole rings is 1. The zero-order chi connectivity index (χ0) is 28.8. The van der Waals surface area contributed by atoms with Gasteiger partial charge in [-0.2, -0.15) is 0 Å². The van der Waals surface area contributed by atoms with Gasteiger partial charge >= 0.3 is 0 Å². The molecule has 2 N–H and O–H groups in total. The van der Waals surface area contributed by atoms with E-state index in [1.165, 1.54) is 24.7 Å². The Bertz CT molecular complexity index is 1660. The summed E-state index contributed by atoms with van der Waals surface area (Å²) in [7, 11) is 0. The number of aromatic nitrogens is 4. The van der Waals surface area contributed by atoms with E-state index in [1.807, 2.05) is 29.2 Å². The van der Waals surface area contributed by atoms with Crippen molar-refractivity contribution in [3.63, 3.8) is 0 Å². The minimum atomic E-state index is -0.0898. The Balaban J connectivity index is 1.02. The van der Waals surface area contributed by atoms with Crippen LogP contribution in [0.2, 0.25) is 5.02 Å². The number of carbonyl (C=O) groups is 2. The molecule has 1 aromatic carbocycles. The summed E-state index contributed by atoms with van der Waals surface area (Å²) >= 11 is 6.12. The van der Waals surface area contributed by atoms with Gasteiger partial charge in [-0.25, -0.2) is 15.0 Å². The third-order valence-corrected chi connectivity index (χ3v) is 8.73. The Hall–Kier alpha value is -4.18. The van der Waals surface area contributed by atoms with Gasteiger partial charge in [0, 0.05) is 62.5 Å². The Kier molecular flexibility index (Phi) is 6.93. The quantitative estimate of drug-likeness (QED) is 0.310. The average molecular weight is 585 g/mol. The minimum Gasteiger partial charge on any atom is -0.365 e. The highest BCUT2D eigenvalue weighted by atomic mass is 35.5. The fourth-order valence-corrected chi connectivity index (χ4v) is 6.08. The maximum Gasteiger partial charge on any atom is 0.229 e. The summed E-state index contributed by atoms with van der Waals surface area (Å²) in [5.74, 6) is 1.86. The smallest absolute Gasteiger partial charge is 0.229 e. The molecule has 0 radical (unpaired) electrons. The van der Waals surface area contributed by atoms with Gasteiger partial charge in [-0.05, 0) is 60.4 Å². The Labute approximate surface area is 249 Å². The second-order valence-electron chi connectivity index (χ2n) is 11.5. The van der Waals surface area contributed by atoms with Gasteiger partial charge in [-0.1, -0.05) is 23.7 Å². The maximum atomic E-state index is 12.9. The lowest BCUT2D eigenvalue weighted by Gasteiger charge is -2.35. The van der Waals surface area contributed by atoms with Crippen LogP contribution >= 0.6 is 11.6 Å². The van der Waals surface area contributed by atoms with Crippen molar-refractivity contribution in [1.82, 2.24) is 24.3 Å². The van der Waals surface area contributed by atoms with Crippen LogP contribution in [0.5, 0.6) is 0 Å². The fraction of sp³-hybridized carbons (Fsp3) is 0.387. The van der Waals surface area contributed by atoms with Crippen LogP contribution in [0.25, 0.3) is 5.65 Å². The first kappa shape index (κ1) is 26.7. The Morgan fingerprint density at radius 2 is 1.81 bits per heavy atom. The zero-order valence-corrected chi connectivity index (χ0v) is 24.2. The van der Waals surface area contributed by atoms with Crippen LogP contribution in [0, 0.1) is 5.92 Å². The zero-order valence-electron chi connectivity index (χ0n) is 23.5. The average Bonchev–Trinajstić information content (AvgIpc) is 3.92. The number of piperazine rings is 1. The molecule has 2 aliphatic carbocycles. The number of anilines is 3. The number of pyridine rings is 1. The largest absolute Gasteiger partial charge is 0.365 e. The number of nitrogens with one attached hydrogen (secondary N) is 2. The number of fused-ring (bicyclic) bond motifs is 1. The minimum absolute atomic E-state index is 0.0480. The van der Waals surface area contributed by atoms with Crippen LogP contribution in [-0.4, -0.2) is 62.2 Å². The summed E-state index contributed by atoms with van der Waals surface area (Å²) in [4.78, 5) is 42.5. The first-order chi connectivity index (χ1) is 20.4. The molecule has 3 aliphatic rings. The van der Waals surface area contributed by atoms with Crippen molar-refractivity contribution < 1.29 is 9.59 Å². The van der Waals surface area contributed by atoms with Crippen LogP contribution in [0.3, 0.4) is 0 Å². The number of benzene rings is 1. The van der Waals surface area contributed by atoms with Crippen molar-refractivity contribution in [1.29, 1.82) is 0 Å². The fourth-order valence-electron chi connectivity index (χ4n) is 5.89. The molecular formula is C31H33ClN8O2. The van der Waals surface area contributed by atoms with E-state index >= 15 is 0 Å². The third-order valence-electron chi connectivity index (χ3n) is 8.49. The molecule has 4 aromatic rings. The van der Waals surface area contributed by atoms with Crippen molar-refractivity contribution in [2.75, 3.05) is 41.7 Å². The van der Waals surface area contributed by atoms with Gasteiger partial charge in [0.05, 0.1) is 17.9 Å². The molecule has 7 rings (SSSR count). The van der Waals surface area contributed by atoms with Gasteiger partial charge in [-0.3, -0.25) is 9.59 Å². The molecule has 2 saturated carbocycles. The predicted octanol–water partition coefficient (Wildman–Crippen LogP) is 4.68. The summed E-state index contributed by atoms with van der Waals surface area (Å²) in [5.41, 5.74) is 5.36. The molecule has 216 valence electrons. The summed E-state index contributed by atoms with van der Waals surface area (Å²) in [6.07, 6.45) is 8.96. The van der Waals surface area contributed by atoms with E-state index in [2.05, 4.69) is 48.4 Å². The lowest BCUT2D eigenvalue weighted by molar-refractivity contribution is -0.129. The normalized spacial score (nSPS) is 20.0. The summed E-state index contributed by atoms with van der Waals surface area (Å²) in [6, 6.07) is 11.7. The van der Waals surface area contributed by atoms with Gasteiger partial charge in [-0.15, -0.1) is 0 Å². The number of hydrogen-bond donors (Lipinski definition) is 2. The molecule has 1 aliphatic heterocycles. The van der Waals surface area contributed by atoms with E-state index in [0.717, 1.165) is 55.2 Å². The van der Waals surface area contributed by atoms with E-state index in [4.69, 9.17) is 16.6 Å². The molecule has 0 spiro atoms. The molecule has 2 amide bonds. The van der Waals surface area contributed by atoms with Gasteiger partial charge in [0.2, 0.25) is 11.8 Å². The molecule has 1 unspecified atom stereocenters. The molecular weight excluding hydrogens is 552 g/mol. The lowest BCUT2D eigenvalue weighted by Crippen LogP contribution is -2.48. The molecule has 0 bridgehead atoms. The van der Waals surface area contributed by atoms with Crippen LogP contribution in [0.4, 0.5) is 17.3 Å². The number of rotatable bonds is 8. The standard InChI is InChI=1S/C31H33ClN8O2/c1-19(41)38-7-9-39(10-8-38)27-12-22(20-5-6-20)16-40-17-24(36-30(27)40)15-33-28-14-29(35-18-34-28)37-31(42)26-13-25(26)21-3-2-4-23(32)11-21/h2-4,11-12,14,16-18,20,25-26H,5-10,13,15H2,1H3,(H2,33,34,35,37,42)/t25?,26-/m0/s1. The van der Waals surface area contributed by atoms with Crippen LogP contribution < -0.4 is 15.5 Å². The van der Waals surface area contributed by atoms with Crippen molar-refractivity contribution in [2.24, 2.45) is 5.92 Å². The number of nitrogens with zero attached hydrogens (tertiary/aromatic N) is 6. The number of amides is 2. The van der Waals surface area contributed by atoms with E-state index in [1.54, 1.807) is 13.0 Å². The van der Waals surface area contributed by atoms with E-state index < -0.39 is 0 Å². The lowest BCUT2D eigenvalue weighted by atomic mass is 10.1. The van der Waals surface area contributed by atoms with Gasteiger partial charge in [0.15, 0.2) is 5.65 Å². The number of halogens is 1.